The Labute approximate surface area is 121 Å². The molecule has 0 radical (unpaired) electrons. The van der Waals surface area contributed by atoms with E-state index in [4.69, 9.17) is 0 Å². The van der Waals surface area contributed by atoms with Gasteiger partial charge in [0.2, 0.25) is 0 Å². The number of aliphatic hydroxyl groups is 1. The first-order valence-corrected chi connectivity index (χ1v) is 8.61. The van der Waals surface area contributed by atoms with E-state index in [1.807, 2.05) is 6.08 Å². The van der Waals surface area contributed by atoms with Crippen molar-refractivity contribution in [3.63, 3.8) is 0 Å². The van der Waals surface area contributed by atoms with Gasteiger partial charge < -0.3 is 5.11 Å². The molecule has 0 fully saturated rings. The van der Waals surface area contributed by atoms with Gasteiger partial charge in [-0.1, -0.05) is 78.6 Å². The Bertz CT molecular complexity index is 208. The van der Waals surface area contributed by atoms with Gasteiger partial charge in [-0.25, -0.2) is 0 Å². The molecule has 0 aromatic heterocycles. The van der Waals surface area contributed by atoms with Gasteiger partial charge in [-0.2, -0.15) is 0 Å². The molecule has 1 unspecified atom stereocenters. The molecule has 0 saturated heterocycles. The first-order chi connectivity index (χ1) is 9.22. The minimum absolute atomic E-state index is 0.336. The van der Waals surface area contributed by atoms with Crippen LogP contribution in [0.3, 0.4) is 0 Å². The van der Waals surface area contributed by atoms with Gasteiger partial charge in [0.25, 0.3) is 0 Å². The molecule has 0 heterocycles. The molecule has 1 nitrogen and oxygen atoms in total. The quantitative estimate of drug-likeness (QED) is 0.288. The van der Waals surface area contributed by atoms with Crippen LogP contribution in [0.25, 0.3) is 0 Å². The Kier molecular flexibility index (Phi) is 13.6. The van der Waals surface area contributed by atoms with Crippen molar-refractivity contribution in [1.29, 1.82) is 0 Å². The second-order valence-electron chi connectivity index (χ2n) is 5.91. The maximum Gasteiger partial charge on any atom is 0.0910 e. The van der Waals surface area contributed by atoms with Gasteiger partial charge in [0, 0.05) is 5.92 Å². The number of hydrogen-bond donors (Lipinski definition) is 1. The molecular formula is C18H36O. The van der Waals surface area contributed by atoms with Crippen LogP contribution in [0.4, 0.5) is 0 Å². The van der Waals surface area contributed by atoms with Crippen LogP contribution in [-0.2, 0) is 0 Å². The SMILES string of the molecule is CCCCCCCCCCCC/C=C(/O)C(C)CC. The molecule has 19 heavy (non-hydrogen) atoms. The fourth-order valence-corrected chi connectivity index (χ4v) is 2.29. The van der Waals surface area contributed by atoms with Crippen molar-refractivity contribution < 1.29 is 5.11 Å². The summed E-state index contributed by atoms with van der Waals surface area (Å²) in [6.45, 7) is 6.48. The molecule has 0 amide bonds. The average molecular weight is 268 g/mol. The molecule has 0 aromatic carbocycles. The Morgan fingerprint density at radius 1 is 0.842 bits per heavy atom. The smallest absolute Gasteiger partial charge is 0.0910 e. The first-order valence-electron chi connectivity index (χ1n) is 8.61. The minimum Gasteiger partial charge on any atom is -0.512 e. The molecule has 114 valence electrons. The molecular weight excluding hydrogens is 232 g/mol. The van der Waals surface area contributed by atoms with Gasteiger partial charge in [0.1, 0.15) is 0 Å². The summed E-state index contributed by atoms with van der Waals surface area (Å²) < 4.78 is 0. The summed E-state index contributed by atoms with van der Waals surface area (Å²) >= 11 is 0. The molecule has 0 rings (SSSR count). The molecule has 0 aliphatic rings. The van der Waals surface area contributed by atoms with E-state index in [0.29, 0.717) is 11.7 Å². The molecule has 0 aliphatic heterocycles. The van der Waals surface area contributed by atoms with Crippen molar-refractivity contribution in [3.8, 4) is 0 Å². The van der Waals surface area contributed by atoms with E-state index in [0.717, 1.165) is 12.8 Å². The highest BCUT2D eigenvalue weighted by Crippen LogP contribution is 2.14. The Hall–Kier alpha value is -0.460. The lowest BCUT2D eigenvalue weighted by molar-refractivity contribution is 0.333. The lowest BCUT2D eigenvalue weighted by atomic mass is 10.0. The van der Waals surface area contributed by atoms with Crippen LogP contribution >= 0.6 is 0 Å². The van der Waals surface area contributed by atoms with Crippen molar-refractivity contribution in [2.75, 3.05) is 0 Å². The van der Waals surface area contributed by atoms with Crippen LogP contribution in [-0.4, -0.2) is 5.11 Å². The van der Waals surface area contributed by atoms with E-state index in [2.05, 4.69) is 20.8 Å². The lowest BCUT2D eigenvalue weighted by Gasteiger charge is -2.07. The number of aliphatic hydroxyl groups excluding tert-OH is 1. The summed E-state index contributed by atoms with van der Waals surface area (Å²) in [5.41, 5.74) is 0. The molecule has 1 atom stereocenters. The van der Waals surface area contributed by atoms with Crippen LogP contribution in [0, 0.1) is 5.92 Å². The summed E-state index contributed by atoms with van der Waals surface area (Å²) in [6, 6.07) is 0. The van der Waals surface area contributed by atoms with Crippen molar-refractivity contribution in [2.45, 2.75) is 97.8 Å². The zero-order chi connectivity index (χ0) is 14.3. The highest BCUT2D eigenvalue weighted by atomic mass is 16.3. The van der Waals surface area contributed by atoms with Gasteiger partial charge >= 0.3 is 0 Å². The van der Waals surface area contributed by atoms with Gasteiger partial charge in [0.05, 0.1) is 5.76 Å². The molecule has 0 aliphatic carbocycles. The topological polar surface area (TPSA) is 20.2 Å². The predicted octanol–water partition coefficient (Wildman–Crippen LogP) is 6.79. The summed E-state index contributed by atoms with van der Waals surface area (Å²) in [6.07, 6.45) is 17.9. The number of hydrogen-bond acceptors (Lipinski definition) is 1. The molecule has 0 aromatic rings. The maximum atomic E-state index is 9.72. The maximum absolute atomic E-state index is 9.72. The van der Waals surface area contributed by atoms with Gasteiger partial charge in [0.15, 0.2) is 0 Å². The fraction of sp³-hybridized carbons (Fsp3) is 0.889. The molecule has 0 spiro atoms. The van der Waals surface area contributed by atoms with Crippen molar-refractivity contribution >= 4 is 0 Å². The second kappa shape index (κ2) is 14.0. The van der Waals surface area contributed by atoms with E-state index >= 15 is 0 Å². The number of unbranched alkanes of at least 4 members (excludes halogenated alkanes) is 10. The highest BCUT2D eigenvalue weighted by Gasteiger charge is 2.02. The van der Waals surface area contributed by atoms with Crippen LogP contribution in [0.15, 0.2) is 11.8 Å². The Morgan fingerprint density at radius 3 is 1.79 bits per heavy atom. The highest BCUT2D eigenvalue weighted by molar-refractivity contribution is 4.94. The summed E-state index contributed by atoms with van der Waals surface area (Å²) in [7, 11) is 0. The van der Waals surface area contributed by atoms with E-state index in [1.54, 1.807) is 0 Å². The minimum atomic E-state index is 0.336. The number of rotatable bonds is 13. The summed E-state index contributed by atoms with van der Waals surface area (Å²) in [4.78, 5) is 0. The Balaban J connectivity index is 3.23. The van der Waals surface area contributed by atoms with Crippen molar-refractivity contribution in [2.24, 2.45) is 5.92 Å². The Morgan fingerprint density at radius 2 is 1.32 bits per heavy atom. The van der Waals surface area contributed by atoms with Crippen LogP contribution in [0.1, 0.15) is 97.8 Å². The van der Waals surface area contributed by atoms with Gasteiger partial charge in [-0.3, -0.25) is 0 Å². The standard InChI is InChI=1S/C18H36O/c1-4-6-7-8-9-10-11-12-13-14-15-16-18(19)17(3)5-2/h16-17,19H,4-15H2,1-3H3/b18-16+. The van der Waals surface area contributed by atoms with E-state index in [-0.39, 0.29) is 0 Å². The monoisotopic (exact) mass is 268 g/mol. The van der Waals surface area contributed by atoms with Crippen molar-refractivity contribution in [3.05, 3.63) is 11.8 Å². The normalized spacial score (nSPS) is 13.7. The van der Waals surface area contributed by atoms with Gasteiger partial charge in [-0.05, 0) is 25.3 Å². The third-order valence-electron chi connectivity index (χ3n) is 4.03. The van der Waals surface area contributed by atoms with Crippen molar-refractivity contribution in [1.82, 2.24) is 0 Å². The zero-order valence-electron chi connectivity index (χ0n) is 13.6. The lowest BCUT2D eigenvalue weighted by Crippen LogP contribution is -1.96. The largest absolute Gasteiger partial charge is 0.512 e. The third kappa shape index (κ3) is 12.3. The molecule has 0 bridgehead atoms. The van der Waals surface area contributed by atoms with Crippen LogP contribution < -0.4 is 0 Å². The first kappa shape index (κ1) is 18.5. The van der Waals surface area contributed by atoms with E-state index in [1.165, 1.54) is 64.2 Å². The van der Waals surface area contributed by atoms with E-state index < -0.39 is 0 Å². The molecule has 1 heteroatoms. The number of allylic oxidation sites excluding steroid dienone is 2. The van der Waals surface area contributed by atoms with Crippen LogP contribution in [0.2, 0.25) is 0 Å². The molecule has 1 N–H and O–H groups in total. The summed E-state index contributed by atoms with van der Waals surface area (Å²) in [5.74, 6) is 0.932. The van der Waals surface area contributed by atoms with Gasteiger partial charge in [-0.15, -0.1) is 0 Å². The summed E-state index contributed by atoms with van der Waals surface area (Å²) in [5, 5.41) is 9.72. The molecule has 0 saturated carbocycles. The average Bonchev–Trinajstić information content (AvgIpc) is 2.43. The predicted molar refractivity (Wildman–Crippen MR) is 86.6 cm³/mol. The fourth-order valence-electron chi connectivity index (χ4n) is 2.29. The second-order valence-corrected chi connectivity index (χ2v) is 5.91. The zero-order valence-corrected chi connectivity index (χ0v) is 13.6. The van der Waals surface area contributed by atoms with Crippen LogP contribution in [0.5, 0.6) is 0 Å². The van der Waals surface area contributed by atoms with E-state index in [9.17, 15) is 5.11 Å². The third-order valence-corrected chi connectivity index (χ3v) is 4.03.